The van der Waals surface area contributed by atoms with Crippen molar-refractivity contribution in [2.45, 2.75) is 11.0 Å². The topological polar surface area (TPSA) is 113 Å². The van der Waals surface area contributed by atoms with Crippen molar-refractivity contribution in [1.82, 2.24) is 4.98 Å². The van der Waals surface area contributed by atoms with Crippen molar-refractivity contribution in [3.8, 4) is 28.4 Å². The summed E-state index contributed by atoms with van der Waals surface area (Å²) in [6, 6.07) is 8.68. The van der Waals surface area contributed by atoms with Gasteiger partial charge < -0.3 is 19.4 Å². The Kier molecular flexibility index (Phi) is 5.41. The number of benzene rings is 2. The Morgan fingerprint density at radius 3 is 2.56 bits per heavy atom. The highest BCUT2D eigenvalue weighted by Crippen LogP contribution is 2.53. The number of fused-ring (bicyclic) bond motifs is 4. The minimum atomic E-state index is -6.10. The van der Waals surface area contributed by atoms with E-state index in [0.717, 1.165) is 6.07 Å². The van der Waals surface area contributed by atoms with Crippen LogP contribution in [0.25, 0.3) is 11.1 Å². The van der Waals surface area contributed by atoms with Gasteiger partial charge in [-0.2, -0.15) is 26.0 Å². The molecule has 0 saturated heterocycles. The number of aromatic nitrogens is 1. The normalized spacial score (nSPS) is 19.2. The summed E-state index contributed by atoms with van der Waals surface area (Å²) in [4.78, 5) is 8.04. The fourth-order valence-electron chi connectivity index (χ4n) is 4.06. The zero-order valence-electron chi connectivity index (χ0n) is 17.8. The molecule has 2 N–H and O–H groups in total. The first kappa shape index (κ1) is 23.9. The summed E-state index contributed by atoms with van der Waals surface area (Å²) >= 11 is 0. The fourth-order valence-corrected chi connectivity index (χ4v) is 4.50. The minimum Gasteiger partial charge on any atom is -0.453 e. The molecule has 0 bridgehead atoms. The van der Waals surface area contributed by atoms with Crippen molar-refractivity contribution in [1.29, 1.82) is 0 Å². The van der Waals surface area contributed by atoms with E-state index in [9.17, 15) is 26.0 Å². The number of amidine groups is 1. The maximum Gasteiger partial charge on any atom is 0.534 e. The quantitative estimate of drug-likeness (QED) is 0.237. The zero-order chi connectivity index (χ0) is 25.9. The van der Waals surface area contributed by atoms with Crippen molar-refractivity contribution in [2.24, 2.45) is 10.7 Å². The average Bonchev–Trinajstić information content (AvgIpc) is 2.79. The van der Waals surface area contributed by atoms with Crippen LogP contribution in [0.3, 0.4) is 0 Å². The lowest BCUT2D eigenvalue weighted by Crippen LogP contribution is -2.42. The summed E-state index contributed by atoms with van der Waals surface area (Å²) in [5, 5.41) is 0. The van der Waals surface area contributed by atoms with Gasteiger partial charge in [0.25, 0.3) is 0 Å². The third kappa shape index (κ3) is 3.82. The van der Waals surface area contributed by atoms with E-state index in [1.165, 1.54) is 36.5 Å². The van der Waals surface area contributed by atoms with Gasteiger partial charge in [-0.1, -0.05) is 6.07 Å². The third-order valence-corrected chi connectivity index (χ3v) is 6.53. The molecule has 8 nitrogen and oxygen atoms in total. The largest absolute Gasteiger partial charge is 0.534 e. The van der Waals surface area contributed by atoms with E-state index >= 15 is 4.39 Å². The zero-order valence-corrected chi connectivity index (χ0v) is 18.7. The lowest BCUT2D eigenvalue weighted by atomic mass is 9.79. The standard InChI is InChI=1S/C22H14F5N3O5S/c23-16-8-12(35-36(31,32)22(25,26)27)7-15-19(16)34-17-4-3-11(13-2-1-5-29-20(13)24)6-14(17)21(15)10-33-9-18(28)30-21/h1-8H,9-10H2,(H2,28,30). The molecule has 5 rings (SSSR count). The molecule has 2 aliphatic rings. The molecule has 2 aromatic carbocycles. The number of hydrogen-bond donors (Lipinski definition) is 1. The van der Waals surface area contributed by atoms with E-state index in [1.807, 2.05) is 0 Å². The molecular weight excluding hydrogens is 513 g/mol. The van der Waals surface area contributed by atoms with Crippen LogP contribution in [0, 0.1) is 11.8 Å². The van der Waals surface area contributed by atoms with Gasteiger partial charge in [0.05, 0.1) is 6.61 Å². The summed E-state index contributed by atoms with van der Waals surface area (Å²) in [7, 11) is -6.10. The van der Waals surface area contributed by atoms with E-state index in [0.29, 0.717) is 11.6 Å². The van der Waals surface area contributed by atoms with Gasteiger partial charge >= 0.3 is 15.6 Å². The third-order valence-electron chi connectivity index (χ3n) is 5.55. The van der Waals surface area contributed by atoms with E-state index in [4.69, 9.17) is 15.2 Å². The van der Waals surface area contributed by atoms with Crippen LogP contribution in [0.15, 0.2) is 53.7 Å². The molecule has 3 aromatic rings. The van der Waals surface area contributed by atoms with Crippen molar-refractivity contribution in [3.63, 3.8) is 0 Å². The van der Waals surface area contributed by atoms with Crippen molar-refractivity contribution < 1.29 is 44.0 Å². The van der Waals surface area contributed by atoms with Crippen LogP contribution >= 0.6 is 0 Å². The maximum absolute atomic E-state index is 15.1. The average molecular weight is 527 g/mol. The Labute approximate surface area is 200 Å². The lowest BCUT2D eigenvalue weighted by molar-refractivity contribution is -0.0500. The van der Waals surface area contributed by atoms with Crippen LogP contribution in [0.5, 0.6) is 17.2 Å². The summed E-state index contributed by atoms with van der Waals surface area (Å²) < 4.78 is 106. The van der Waals surface area contributed by atoms with Gasteiger partial charge in [0.1, 0.15) is 29.5 Å². The van der Waals surface area contributed by atoms with Crippen LogP contribution in [-0.2, 0) is 20.4 Å². The second-order valence-electron chi connectivity index (χ2n) is 7.88. The number of pyridine rings is 1. The number of alkyl halides is 3. The van der Waals surface area contributed by atoms with E-state index in [-0.39, 0.29) is 41.5 Å². The summed E-state index contributed by atoms with van der Waals surface area (Å²) in [5.41, 5.74) is -1.05. The van der Waals surface area contributed by atoms with E-state index in [2.05, 4.69) is 14.2 Å². The Morgan fingerprint density at radius 2 is 1.86 bits per heavy atom. The van der Waals surface area contributed by atoms with Crippen LogP contribution in [0.1, 0.15) is 11.1 Å². The number of ether oxygens (including phenoxy) is 2. The summed E-state index contributed by atoms with van der Waals surface area (Å²) in [6.45, 7) is -0.365. The molecule has 0 saturated carbocycles. The Morgan fingerprint density at radius 1 is 1.08 bits per heavy atom. The Balaban J connectivity index is 1.73. The van der Waals surface area contributed by atoms with Gasteiger partial charge in [0.2, 0.25) is 5.95 Å². The monoisotopic (exact) mass is 527 g/mol. The number of hydrogen-bond acceptors (Lipinski definition) is 8. The van der Waals surface area contributed by atoms with Gasteiger partial charge in [0.15, 0.2) is 11.6 Å². The highest BCUT2D eigenvalue weighted by molar-refractivity contribution is 7.88. The number of halogens is 5. The van der Waals surface area contributed by atoms with Gasteiger partial charge in [-0.3, -0.25) is 4.99 Å². The second-order valence-corrected chi connectivity index (χ2v) is 9.41. The van der Waals surface area contributed by atoms with Gasteiger partial charge in [-0.15, -0.1) is 0 Å². The number of nitrogens with two attached hydrogens (primary N) is 1. The number of nitrogens with zero attached hydrogens (tertiary/aromatic N) is 2. The first-order valence-electron chi connectivity index (χ1n) is 10.1. The van der Waals surface area contributed by atoms with Crippen molar-refractivity contribution in [3.05, 3.63) is 71.6 Å². The number of rotatable bonds is 3. The highest BCUT2D eigenvalue weighted by Gasteiger charge is 2.50. The predicted octanol–water partition coefficient (Wildman–Crippen LogP) is 3.99. The van der Waals surface area contributed by atoms with Gasteiger partial charge in [-0.05, 0) is 35.9 Å². The lowest BCUT2D eigenvalue weighted by Gasteiger charge is -2.39. The van der Waals surface area contributed by atoms with Crippen LogP contribution < -0.4 is 14.7 Å². The van der Waals surface area contributed by atoms with Crippen LogP contribution in [0.4, 0.5) is 22.0 Å². The molecule has 1 aromatic heterocycles. The van der Waals surface area contributed by atoms with Crippen LogP contribution in [-0.4, -0.2) is 38.0 Å². The SMILES string of the molecule is NC1=NC2(COC1)c1cc(-c3cccnc3F)ccc1Oc1c(F)cc(OS(=O)(=O)C(F)(F)F)cc12. The van der Waals surface area contributed by atoms with Gasteiger partial charge in [0, 0.05) is 29.0 Å². The van der Waals surface area contributed by atoms with Crippen LogP contribution in [0.2, 0.25) is 0 Å². The molecule has 0 fully saturated rings. The first-order chi connectivity index (χ1) is 16.9. The summed E-state index contributed by atoms with van der Waals surface area (Å²) in [6.07, 6.45) is 1.26. The van der Waals surface area contributed by atoms with Gasteiger partial charge in [-0.25, -0.2) is 9.37 Å². The predicted molar refractivity (Wildman–Crippen MR) is 115 cm³/mol. The van der Waals surface area contributed by atoms with E-state index < -0.39 is 44.4 Å². The fraction of sp³-hybridized carbons (Fsp3) is 0.182. The second kappa shape index (κ2) is 8.13. The molecule has 1 atom stereocenters. The molecule has 0 amide bonds. The van der Waals surface area contributed by atoms with Crippen molar-refractivity contribution in [2.75, 3.05) is 13.2 Å². The van der Waals surface area contributed by atoms with Crippen molar-refractivity contribution >= 4 is 16.0 Å². The van der Waals surface area contributed by atoms with E-state index in [1.54, 1.807) is 0 Å². The number of aliphatic imine (C=N–C) groups is 1. The molecule has 36 heavy (non-hydrogen) atoms. The minimum absolute atomic E-state index is 0.0346. The maximum atomic E-state index is 15.1. The Bertz CT molecular complexity index is 1530. The smallest absolute Gasteiger partial charge is 0.453 e. The molecule has 188 valence electrons. The molecule has 14 heteroatoms. The Hall–Kier alpha value is -3.78. The molecule has 0 aliphatic carbocycles. The molecule has 3 heterocycles. The molecule has 1 spiro atoms. The summed E-state index contributed by atoms with van der Waals surface area (Å²) in [5.74, 6) is -3.34. The highest BCUT2D eigenvalue weighted by atomic mass is 32.2. The molecule has 2 aliphatic heterocycles. The molecule has 1 unspecified atom stereocenters. The molecule has 0 radical (unpaired) electrons. The molecular formula is C22H14F5N3O5S. The first-order valence-corrected chi connectivity index (χ1v) is 11.5.